The highest BCUT2D eigenvalue weighted by Crippen LogP contribution is 2.52. The fraction of sp³-hybridized carbons (Fsp3) is 0.533. The van der Waals surface area contributed by atoms with Gasteiger partial charge in [0.1, 0.15) is 11.9 Å². The zero-order valence-corrected chi connectivity index (χ0v) is 11.9. The molecule has 3 nitrogen and oxygen atoms in total. The average Bonchev–Trinajstić information content (AvgIpc) is 2.67. The Hall–Kier alpha value is -1.72. The predicted octanol–water partition coefficient (Wildman–Crippen LogP) is 3.11. The van der Waals surface area contributed by atoms with E-state index in [1.165, 1.54) is 6.07 Å². The number of halogens is 3. The molecule has 1 aliphatic heterocycles. The Morgan fingerprint density at radius 3 is 2.76 bits per heavy atom. The van der Waals surface area contributed by atoms with Gasteiger partial charge in [-0.2, -0.15) is 0 Å². The molecule has 0 amide bonds. The van der Waals surface area contributed by atoms with E-state index < -0.39 is 35.7 Å². The van der Waals surface area contributed by atoms with Crippen LogP contribution in [0.2, 0.25) is 0 Å². The predicted molar refractivity (Wildman–Crippen MR) is 72.7 cm³/mol. The monoisotopic (exact) mass is 298 g/mol. The van der Waals surface area contributed by atoms with Crippen LogP contribution in [0.15, 0.2) is 23.2 Å². The number of hydrogen-bond donors (Lipinski definition) is 1. The van der Waals surface area contributed by atoms with Crippen molar-refractivity contribution in [2.75, 3.05) is 0 Å². The van der Waals surface area contributed by atoms with E-state index in [0.29, 0.717) is 5.56 Å². The summed E-state index contributed by atoms with van der Waals surface area (Å²) in [4.78, 5) is 4.19. The minimum Gasteiger partial charge on any atom is -0.461 e. The third kappa shape index (κ3) is 2.26. The standard InChI is InChI=1S/C15H17F3N2O/c1-8-3-4-11(16)9(5-8)14(2)10-6-15(17,18)7-12(10)21-13(19)20-14/h3-5,10,12H,6-7H2,1-2H3,(H2,19,20)/t10-,12+,14+/m0/s1. The third-order valence-electron chi connectivity index (χ3n) is 4.47. The minimum absolute atomic E-state index is 0.155. The van der Waals surface area contributed by atoms with Crippen molar-refractivity contribution in [1.29, 1.82) is 0 Å². The van der Waals surface area contributed by atoms with E-state index in [1.807, 2.05) is 6.92 Å². The molecule has 0 radical (unpaired) electrons. The molecule has 1 aliphatic carbocycles. The van der Waals surface area contributed by atoms with Gasteiger partial charge in [-0.25, -0.2) is 18.2 Å². The number of aliphatic imine (C=N–C) groups is 1. The lowest BCUT2D eigenvalue weighted by atomic mass is 9.76. The molecule has 2 N–H and O–H groups in total. The summed E-state index contributed by atoms with van der Waals surface area (Å²) in [5.74, 6) is -3.90. The Bertz CT molecular complexity index is 617. The van der Waals surface area contributed by atoms with Crippen molar-refractivity contribution in [3.8, 4) is 0 Å². The molecule has 3 atom stereocenters. The van der Waals surface area contributed by atoms with Crippen molar-refractivity contribution < 1.29 is 17.9 Å². The molecule has 6 heteroatoms. The first-order valence-electron chi connectivity index (χ1n) is 6.88. The number of rotatable bonds is 1. The summed E-state index contributed by atoms with van der Waals surface area (Å²) in [6.07, 6.45) is -1.52. The largest absolute Gasteiger partial charge is 0.461 e. The number of aryl methyl sites for hydroxylation is 1. The highest BCUT2D eigenvalue weighted by molar-refractivity contribution is 5.73. The molecular formula is C15H17F3N2O. The van der Waals surface area contributed by atoms with Gasteiger partial charge in [0.15, 0.2) is 0 Å². The zero-order valence-electron chi connectivity index (χ0n) is 11.9. The van der Waals surface area contributed by atoms with Gasteiger partial charge in [-0.3, -0.25) is 0 Å². The molecule has 0 spiro atoms. The van der Waals surface area contributed by atoms with Crippen molar-refractivity contribution in [3.63, 3.8) is 0 Å². The molecule has 1 fully saturated rings. The van der Waals surface area contributed by atoms with Crippen LogP contribution in [0.1, 0.15) is 30.9 Å². The number of benzene rings is 1. The smallest absolute Gasteiger partial charge is 0.283 e. The molecular weight excluding hydrogens is 281 g/mol. The molecule has 0 bridgehead atoms. The van der Waals surface area contributed by atoms with Crippen LogP contribution in [-0.2, 0) is 10.3 Å². The van der Waals surface area contributed by atoms with Crippen LogP contribution in [0.5, 0.6) is 0 Å². The van der Waals surface area contributed by atoms with Crippen LogP contribution in [0.3, 0.4) is 0 Å². The molecule has 1 heterocycles. The average molecular weight is 298 g/mol. The van der Waals surface area contributed by atoms with Gasteiger partial charge in [0.2, 0.25) is 0 Å². The Labute approximate surface area is 121 Å². The summed E-state index contributed by atoms with van der Waals surface area (Å²) in [5.41, 5.74) is 5.64. The SMILES string of the molecule is Cc1ccc(F)c([C@@]2(C)N=C(N)O[C@@H]3CC(F)(F)C[C@@H]32)c1. The van der Waals surface area contributed by atoms with E-state index in [1.54, 1.807) is 19.1 Å². The Morgan fingerprint density at radius 1 is 1.33 bits per heavy atom. The lowest BCUT2D eigenvalue weighted by Gasteiger charge is -2.39. The molecule has 0 aromatic heterocycles. The molecule has 3 rings (SSSR count). The lowest BCUT2D eigenvalue weighted by molar-refractivity contribution is -0.00277. The van der Waals surface area contributed by atoms with Gasteiger partial charge in [0.25, 0.3) is 11.9 Å². The molecule has 1 aromatic rings. The maximum atomic E-state index is 14.2. The quantitative estimate of drug-likeness (QED) is 0.866. The van der Waals surface area contributed by atoms with Crippen LogP contribution < -0.4 is 5.73 Å². The summed E-state index contributed by atoms with van der Waals surface area (Å²) in [6.45, 7) is 3.47. The van der Waals surface area contributed by atoms with Crippen LogP contribution in [0, 0.1) is 18.7 Å². The number of nitrogens with two attached hydrogens (primary N) is 1. The summed E-state index contributed by atoms with van der Waals surface area (Å²) >= 11 is 0. The van der Waals surface area contributed by atoms with E-state index in [4.69, 9.17) is 10.5 Å². The van der Waals surface area contributed by atoms with Gasteiger partial charge < -0.3 is 10.5 Å². The molecule has 2 aliphatic rings. The molecule has 0 unspecified atom stereocenters. The van der Waals surface area contributed by atoms with Gasteiger partial charge in [0, 0.05) is 24.3 Å². The summed E-state index contributed by atoms with van der Waals surface area (Å²) in [7, 11) is 0. The van der Waals surface area contributed by atoms with Crippen LogP contribution in [0.25, 0.3) is 0 Å². The van der Waals surface area contributed by atoms with E-state index in [9.17, 15) is 13.2 Å². The molecule has 114 valence electrons. The third-order valence-corrected chi connectivity index (χ3v) is 4.47. The maximum absolute atomic E-state index is 14.2. The van der Waals surface area contributed by atoms with Gasteiger partial charge >= 0.3 is 0 Å². The van der Waals surface area contributed by atoms with E-state index in [2.05, 4.69) is 4.99 Å². The minimum atomic E-state index is -2.84. The fourth-order valence-corrected chi connectivity index (χ4v) is 3.44. The van der Waals surface area contributed by atoms with Gasteiger partial charge in [0.05, 0.1) is 5.54 Å². The van der Waals surface area contributed by atoms with Gasteiger partial charge in [-0.05, 0) is 19.9 Å². The van der Waals surface area contributed by atoms with Gasteiger partial charge in [-0.15, -0.1) is 0 Å². The first kappa shape index (κ1) is 14.2. The number of amidine groups is 1. The highest BCUT2D eigenvalue weighted by Gasteiger charge is 2.57. The van der Waals surface area contributed by atoms with Crippen molar-refractivity contribution in [3.05, 3.63) is 35.1 Å². The van der Waals surface area contributed by atoms with Crippen molar-refractivity contribution in [2.24, 2.45) is 16.6 Å². The normalized spacial score (nSPS) is 34.0. The Kier molecular flexibility index (Phi) is 2.97. The second-order valence-corrected chi connectivity index (χ2v) is 6.11. The summed E-state index contributed by atoms with van der Waals surface area (Å²) in [6, 6.07) is 4.46. The molecule has 21 heavy (non-hydrogen) atoms. The topological polar surface area (TPSA) is 47.6 Å². The maximum Gasteiger partial charge on any atom is 0.283 e. The van der Waals surface area contributed by atoms with Crippen LogP contribution >= 0.6 is 0 Å². The highest BCUT2D eigenvalue weighted by atomic mass is 19.3. The van der Waals surface area contributed by atoms with E-state index in [0.717, 1.165) is 5.56 Å². The van der Waals surface area contributed by atoms with E-state index >= 15 is 0 Å². The van der Waals surface area contributed by atoms with Crippen LogP contribution in [0.4, 0.5) is 13.2 Å². The van der Waals surface area contributed by atoms with Crippen molar-refractivity contribution >= 4 is 6.02 Å². The molecule has 1 saturated carbocycles. The van der Waals surface area contributed by atoms with Gasteiger partial charge in [-0.1, -0.05) is 17.7 Å². The molecule has 1 aromatic carbocycles. The number of fused-ring (bicyclic) bond motifs is 1. The summed E-state index contributed by atoms with van der Waals surface area (Å²) < 4.78 is 47.0. The second-order valence-electron chi connectivity index (χ2n) is 6.11. The Balaban J connectivity index is 2.13. The zero-order chi connectivity index (χ0) is 15.4. The number of nitrogens with zero attached hydrogens (tertiary/aromatic N) is 1. The first-order chi connectivity index (χ1) is 9.71. The van der Waals surface area contributed by atoms with Crippen LogP contribution in [-0.4, -0.2) is 18.0 Å². The lowest BCUT2D eigenvalue weighted by Crippen LogP contribution is -2.45. The summed E-state index contributed by atoms with van der Waals surface area (Å²) in [5, 5.41) is 0. The Morgan fingerprint density at radius 2 is 2.05 bits per heavy atom. The van der Waals surface area contributed by atoms with Crippen molar-refractivity contribution in [2.45, 2.75) is 44.3 Å². The second kappa shape index (κ2) is 4.39. The number of hydrogen-bond acceptors (Lipinski definition) is 3. The first-order valence-corrected chi connectivity index (χ1v) is 6.88. The number of alkyl halides is 2. The molecule has 0 saturated heterocycles. The fourth-order valence-electron chi connectivity index (χ4n) is 3.44. The van der Waals surface area contributed by atoms with E-state index in [-0.39, 0.29) is 12.4 Å². The van der Waals surface area contributed by atoms with Crippen molar-refractivity contribution in [1.82, 2.24) is 0 Å². The number of ether oxygens (including phenoxy) is 1.